The predicted octanol–water partition coefficient (Wildman–Crippen LogP) is 4.39. The fourth-order valence-electron chi connectivity index (χ4n) is 3.12. The van der Waals surface area contributed by atoms with E-state index in [4.69, 9.17) is 5.73 Å². The molecule has 1 saturated carbocycles. The first-order valence-corrected chi connectivity index (χ1v) is 7.52. The lowest BCUT2D eigenvalue weighted by atomic mass is 9.83. The summed E-state index contributed by atoms with van der Waals surface area (Å²) < 4.78 is 0. The Morgan fingerprint density at radius 1 is 1.17 bits per heavy atom. The van der Waals surface area contributed by atoms with E-state index in [1.807, 2.05) is 0 Å². The molecule has 1 fully saturated rings. The Bertz CT molecular complexity index is 368. The van der Waals surface area contributed by atoms with Gasteiger partial charge in [-0.2, -0.15) is 0 Å². The molecule has 0 amide bonds. The molecule has 0 aromatic heterocycles. The van der Waals surface area contributed by atoms with Gasteiger partial charge < -0.3 is 5.73 Å². The summed E-state index contributed by atoms with van der Waals surface area (Å²) in [5.41, 5.74) is 9.37. The van der Waals surface area contributed by atoms with E-state index in [9.17, 15) is 0 Å². The molecule has 0 radical (unpaired) electrons. The molecule has 0 saturated heterocycles. The molecule has 1 aromatic carbocycles. The van der Waals surface area contributed by atoms with Crippen molar-refractivity contribution in [3.05, 3.63) is 35.4 Å². The molecule has 2 atom stereocenters. The van der Waals surface area contributed by atoms with E-state index in [-0.39, 0.29) is 5.54 Å². The van der Waals surface area contributed by atoms with Crippen LogP contribution in [-0.4, -0.2) is 0 Å². The number of rotatable bonds is 3. The molecule has 100 valence electrons. The molecule has 0 heterocycles. The monoisotopic (exact) mass is 245 g/mol. The van der Waals surface area contributed by atoms with Gasteiger partial charge in [0.05, 0.1) is 0 Å². The van der Waals surface area contributed by atoms with Crippen LogP contribution >= 0.6 is 0 Å². The summed E-state index contributed by atoms with van der Waals surface area (Å²) in [7, 11) is 0. The number of aryl methyl sites for hydroxylation is 1. The Balaban J connectivity index is 2.13. The third-order valence-electron chi connectivity index (χ3n) is 4.47. The van der Waals surface area contributed by atoms with E-state index in [0.717, 1.165) is 18.8 Å². The van der Waals surface area contributed by atoms with Gasteiger partial charge in [0, 0.05) is 5.54 Å². The second-order valence-corrected chi connectivity index (χ2v) is 6.14. The van der Waals surface area contributed by atoms with Gasteiger partial charge in [-0.15, -0.1) is 0 Å². The molecular weight excluding hydrogens is 218 g/mol. The van der Waals surface area contributed by atoms with Gasteiger partial charge in [-0.1, -0.05) is 57.4 Å². The van der Waals surface area contributed by atoms with Crippen LogP contribution in [0.25, 0.3) is 0 Å². The minimum absolute atomic E-state index is 0.0739. The standard InChI is InChI=1S/C17H27N/c1-3-5-15-7-9-16(10-8-15)17(18)12-4-6-14(2)11-13-17/h7-10,14H,3-6,11-13,18H2,1-2H3. The van der Waals surface area contributed by atoms with Crippen molar-refractivity contribution >= 4 is 0 Å². The predicted molar refractivity (Wildman–Crippen MR) is 78.6 cm³/mol. The van der Waals surface area contributed by atoms with Crippen molar-refractivity contribution in [2.45, 2.75) is 64.3 Å². The van der Waals surface area contributed by atoms with Gasteiger partial charge in [0.2, 0.25) is 0 Å². The van der Waals surface area contributed by atoms with Crippen molar-refractivity contribution in [1.82, 2.24) is 0 Å². The Hall–Kier alpha value is -0.820. The topological polar surface area (TPSA) is 26.0 Å². The van der Waals surface area contributed by atoms with Crippen LogP contribution in [0.15, 0.2) is 24.3 Å². The van der Waals surface area contributed by atoms with Gasteiger partial charge in [0.15, 0.2) is 0 Å². The maximum absolute atomic E-state index is 6.67. The van der Waals surface area contributed by atoms with Crippen molar-refractivity contribution in [3.63, 3.8) is 0 Å². The number of benzene rings is 1. The lowest BCUT2D eigenvalue weighted by Crippen LogP contribution is -2.36. The van der Waals surface area contributed by atoms with E-state index in [2.05, 4.69) is 38.1 Å². The molecule has 1 heteroatoms. The van der Waals surface area contributed by atoms with Gasteiger partial charge in [-0.25, -0.2) is 0 Å². The van der Waals surface area contributed by atoms with Crippen LogP contribution < -0.4 is 5.73 Å². The minimum Gasteiger partial charge on any atom is -0.321 e. The maximum Gasteiger partial charge on any atom is 0.0409 e. The van der Waals surface area contributed by atoms with Gasteiger partial charge in [-0.3, -0.25) is 0 Å². The zero-order valence-electron chi connectivity index (χ0n) is 11.9. The van der Waals surface area contributed by atoms with Crippen LogP contribution in [0.4, 0.5) is 0 Å². The molecule has 1 aliphatic rings. The number of hydrogen-bond donors (Lipinski definition) is 1. The van der Waals surface area contributed by atoms with Gasteiger partial charge >= 0.3 is 0 Å². The average molecular weight is 245 g/mol. The largest absolute Gasteiger partial charge is 0.321 e. The van der Waals surface area contributed by atoms with E-state index < -0.39 is 0 Å². The second-order valence-electron chi connectivity index (χ2n) is 6.14. The summed E-state index contributed by atoms with van der Waals surface area (Å²) in [4.78, 5) is 0. The van der Waals surface area contributed by atoms with Crippen LogP contribution in [0.5, 0.6) is 0 Å². The van der Waals surface area contributed by atoms with Crippen LogP contribution in [0.3, 0.4) is 0 Å². The van der Waals surface area contributed by atoms with Gasteiger partial charge in [-0.05, 0) is 42.7 Å². The highest BCUT2D eigenvalue weighted by atomic mass is 14.7. The van der Waals surface area contributed by atoms with Gasteiger partial charge in [0.1, 0.15) is 0 Å². The van der Waals surface area contributed by atoms with Crippen LogP contribution in [0, 0.1) is 5.92 Å². The van der Waals surface area contributed by atoms with Crippen LogP contribution in [0.2, 0.25) is 0 Å². The summed E-state index contributed by atoms with van der Waals surface area (Å²) in [6.45, 7) is 4.58. The van der Waals surface area contributed by atoms with E-state index >= 15 is 0 Å². The van der Waals surface area contributed by atoms with Crippen molar-refractivity contribution in [2.75, 3.05) is 0 Å². The summed E-state index contributed by atoms with van der Waals surface area (Å²) >= 11 is 0. The van der Waals surface area contributed by atoms with Crippen molar-refractivity contribution < 1.29 is 0 Å². The SMILES string of the molecule is CCCc1ccc(C2(N)CCCC(C)CC2)cc1. The van der Waals surface area contributed by atoms with E-state index in [1.165, 1.54) is 43.2 Å². The molecular formula is C17H27N. The Morgan fingerprint density at radius 2 is 1.89 bits per heavy atom. The Morgan fingerprint density at radius 3 is 2.56 bits per heavy atom. The summed E-state index contributed by atoms with van der Waals surface area (Å²) in [5.74, 6) is 0.842. The average Bonchev–Trinajstić information content (AvgIpc) is 2.54. The summed E-state index contributed by atoms with van der Waals surface area (Å²) in [6, 6.07) is 9.06. The number of hydrogen-bond acceptors (Lipinski definition) is 1. The van der Waals surface area contributed by atoms with E-state index in [0.29, 0.717) is 0 Å². The van der Waals surface area contributed by atoms with Crippen molar-refractivity contribution in [1.29, 1.82) is 0 Å². The third-order valence-corrected chi connectivity index (χ3v) is 4.47. The third kappa shape index (κ3) is 3.14. The second kappa shape index (κ2) is 5.88. The first-order chi connectivity index (χ1) is 8.64. The molecule has 2 rings (SSSR count). The Labute approximate surface area is 112 Å². The number of nitrogens with two attached hydrogens (primary N) is 1. The smallest absolute Gasteiger partial charge is 0.0409 e. The lowest BCUT2D eigenvalue weighted by molar-refractivity contribution is 0.378. The molecule has 1 aliphatic carbocycles. The van der Waals surface area contributed by atoms with Gasteiger partial charge in [0.25, 0.3) is 0 Å². The summed E-state index contributed by atoms with van der Waals surface area (Å²) in [5, 5.41) is 0. The molecule has 0 bridgehead atoms. The molecule has 1 nitrogen and oxygen atoms in total. The van der Waals surface area contributed by atoms with Crippen molar-refractivity contribution in [3.8, 4) is 0 Å². The fourth-order valence-corrected chi connectivity index (χ4v) is 3.12. The summed E-state index contributed by atoms with van der Waals surface area (Å²) in [6.07, 6.45) is 8.56. The van der Waals surface area contributed by atoms with Crippen LogP contribution in [-0.2, 0) is 12.0 Å². The molecule has 0 aliphatic heterocycles. The quantitative estimate of drug-likeness (QED) is 0.785. The van der Waals surface area contributed by atoms with Crippen LogP contribution in [0.1, 0.15) is 63.5 Å². The Kier molecular flexibility index (Phi) is 4.45. The normalized spacial score (nSPS) is 28.9. The highest BCUT2D eigenvalue weighted by Gasteiger charge is 2.29. The maximum atomic E-state index is 6.67. The zero-order valence-corrected chi connectivity index (χ0v) is 11.9. The van der Waals surface area contributed by atoms with E-state index in [1.54, 1.807) is 0 Å². The first kappa shape index (κ1) is 13.6. The van der Waals surface area contributed by atoms with Crippen molar-refractivity contribution in [2.24, 2.45) is 11.7 Å². The fraction of sp³-hybridized carbons (Fsp3) is 0.647. The molecule has 2 N–H and O–H groups in total. The zero-order chi connectivity index (χ0) is 13.0. The molecule has 0 spiro atoms. The first-order valence-electron chi connectivity index (χ1n) is 7.52. The highest BCUT2D eigenvalue weighted by Crippen LogP contribution is 2.35. The lowest BCUT2D eigenvalue weighted by Gasteiger charge is -2.29. The molecule has 1 aromatic rings. The highest BCUT2D eigenvalue weighted by molar-refractivity contribution is 5.28. The molecule has 18 heavy (non-hydrogen) atoms. The molecule has 2 unspecified atom stereocenters. The minimum atomic E-state index is -0.0739.